The first-order valence-electron chi connectivity index (χ1n) is 9.68. The lowest BCUT2D eigenvalue weighted by molar-refractivity contribution is -0.138. The molecule has 0 radical (unpaired) electrons. The molecular formula is C20H28N2O4. The zero-order valence-corrected chi connectivity index (χ0v) is 15.0. The average Bonchev–Trinajstić information content (AvgIpc) is 3.01. The summed E-state index contributed by atoms with van der Waals surface area (Å²) in [6, 6.07) is 8.78. The van der Waals surface area contributed by atoms with E-state index in [0.717, 1.165) is 25.7 Å². The van der Waals surface area contributed by atoms with Gasteiger partial charge >= 0.3 is 0 Å². The first kappa shape index (κ1) is 17.9. The predicted molar refractivity (Wildman–Crippen MR) is 96.9 cm³/mol. The predicted octanol–water partition coefficient (Wildman–Crippen LogP) is 0.557. The maximum atomic E-state index is 12.5. The Balaban J connectivity index is 1.25. The highest BCUT2D eigenvalue weighted by atomic mass is 16.5. The maximum Gasteiger partial charge on any atom is 0.222 e. The summed E-state index contributed by atoms with van der Waals surface area (Å²) >= 11 is 0. The molecule has 26 heavy (non-hydrogen) atoms. The summed E-state index contributed by atoms with van der Waals surface area (Å²) in [5, 5.41) is 16.2. The van der Waals surface area contributed by atoms with Crippen molar-refractivity contribution in [3.63, 3.8) is 0 Å². The third-order valence-corrected chi connectivity index (χ3v) is 5.65. The summed E-state index contributed by atoms with van der Waals surface area (Å²) in [7, 11) is 0. The lowest BCUT2D eigenvalue weighted by Gasteiger charge is -2.38. The van der Waals surface area contributed by atoms with Crippen LogP contribution in [-0.2, 0) is 27.1 Å². The molecule has 1 aliphatic carbocycles. The molecule has 3 aliphatic rings. The van der Waals surface area contributed by atoms with Crippen LogP contribution < -0.4 is 10.6 Å². The van der Waals surface area contributed by atoms with Crippen molar-refractivity contribution in [3.05, 3.63) is 35.4 Å². The number of hydrogen-bond donors (Lipinski definition) is 3. The Bertz CT molecular complexity index is 613. The van der Waals surface area contributed by atoms with Crippen LogP contribution in [-0.4, -0.2) is 61.2 Å². The van der Waals surface area contributed by atoms with Crippen LogP contribution in [0.2, 0.25) is 0 Å². The van der Waals surface area contributed by atoms with Gasteiger partial charge in [-0.2, -0.15) is 0 Å². The van der Waals surface area contributed by atoms with E-state index >= 15 is 0 Å². The standard InChI is InChI=1S/C20H28N2O4/c23-16-10-21-18-6-5-17(26-19(18)12-25-11-16)9-20(24)22-15-7-13-3-1-2-4-14(13)8-15/h1-4,15-19,21,23H,5-12H2,(H,22,24)/t16-,17-,18-,19+/m1/s1. The maximum absolute atomic E-state index is 12.5. The topological polar surface area (TPSA) is 79.8 Å². The summed E-state index contributed by atoms with van der Waals surface area (Å²) < 4.78 is 11.7. The smallest absolute Gasteiger partial charge is 0.222 e. The third-order valence-electron chi connectivity index (χ3n) is 5.65. The minimum atomic E-state index is -0.463. The Morgan fingerprint density at radius 1 is 1.19 bits per heavy atom. The molecule has 2 aliphatic heterocycles. The van der Waals surface area contributed by atoms with Gasteiger partial charge in [-0.25, -0.2) is 0 Å². The molecule has 4 rings (SSSR count). The molecule has 0 aromatic heterocycles. The van der Waals surface area contributed by atoms with Gasteiger partial charge in [-0.3, -0.25) is 4.79 Å². The van der Waals surface area contributed by atoms with E-state index in [1.807, 2.05) is 0 Å². The average molecular weight is 360 g/mol. The first-order valence-corrected chi connectivity index (χ1v) is 9.68. The molecule has 1 aromatic rings. The lowest BCUT2D eigenvalue weighted by atomic mass is 9.96. The van der Waals surface area contributed by atoms with Crippen molar-refractivity contribution in [2.45, 2.75) is 62.5 Å². The molecule has 142 valence electrons. The molecule has 2 heterocycles. The highest BCUT2D eigenvalue weighted by Crippen LogP contribution is 2.25. The minimum absolute atomic E-state index is 0.0511. The largest absolute Gasteiger partial charge is 0.389 e. The van der Waals surface area contributed by atoms with Crippen LogP contribution >= 0.6 is 0 Å². The Morgan fingerprint density at radius 3 is 2.73 bits per heavy atom. The molecule has 2 fully saturated rings. The number of carbonyl (C=O) groups is 1. The molecule has 1 amide bonds. The zero-order valence-electron chi connectivity index (χ0n) is 15.0. The van der Waals surface area contributed by atoms with Gasteiger partial charge in [0.05, 0.1) is 37.9 Å². The van der Waals surface area contributed by atoms with Crippen LogP contribution in [0.4, 0.5) is 0 Å². The van der Waals surface area contributed by atoms with Crippen LogP contribution in [0.15, 0.2) is 24.3 Å². The molecule has 0 saturated carbocycles. The quantitative estimate of drug-likeness (QED) is 0.734. The van der Waals surface area contributed by atoms with E-state index < -0.39 is 6.10 Å². The number of β-amino-alcohol motifs (C(OH)–C–C–N with tert-alkyl or cyclic N) is 1. The molecule has 6 nitrogen and oxygen atoms in total. The molecular weight excluding hydrogens is 332 g/mol. The molecule has 4 atom stereocenters. The zero-order chi connectivity index (χ0) is 17.9. The number of benzene rings is 1. The Morgan fingerprint density at radius 2 is 1.96 bits per heavy atom. The molecule has 0 bridgehead atoms. The lowest BCUT2D eigenvalue weighted by Crippen LogP contribution is -2.54. The Hall–Kier alpha value is -1.47. The number of carbonyl (C=O) groups excluding carboxylic acids is 1. The molecule has 0 spiro atoms. The van der Waals surface area contributed by atoms with Gasteiger partial charge in [0.15, 0.2) is 0 Å². The van der Waals surface area contributed by atoms with Crippen molar-refractivity contribution in [3.8, 4) is 0 Å². The number of aliphatic hydroxyl groups excluding tert-OH is 1. The monoisotopic (exact) mass is 360 g/mol. The number of amides is 1. The molecule has 1 aromatic carbocycles. The second-order valence-electron chi connectivity index (χ2n) is 7.73. The van der Waals surface area contributed by atoms with Crippen LogP contribution in [0, 0.1) is 0 Å². The highest BCUT2D eigenvalue weighted by Gasteiger charge is 2.34. The van der Waals surface area contributed by atoms with Crippen LogP contribution in [0.5, 0.6) is 0 Å². The van der Waals surface area contributed by atoms with Gasteiger partial charge < -0.3 is 25.2 Å². The van der Waals surface area contributed by atoms with E-state index in [1.54, 1.807) is 0 Å². The van der Waals surface area contributed by atoms with E-state index in [-0.39, 0.29) is 30.2 Å². The summed E-state index contributed by atoms with van der Waals surface area (Å²) in [6.07, 6.45) is 3.44. The van der Waals surface area contributed by atoms with E-state index in [4.69, 9.17) is 9.47 Å². The second kappa shape index (κ2) is 8.05. The van der Waals surface area contributed by atoms with Crippen molar-refractivity contribution in [1.82, 2.24) is 10.6 Å². The van der Waals surface area contributed by atoms with Gasteiger partial charge in [0, 0.05) is 18.6 Å². The van der Waals surface area contributed by atoms with Crippen molar-refractivity contribution >= 4 is 5.91 Å². The summed E-state index contributed by atoms with van der Waals surface area (Å²) in [6.45, 7) is 1.32. The SMILES string of the molecule is O=C(C[C@H]1CC[C@H]2NC[C@@H](O)COC[C@@H]2O1)NC1Cc2ccccc2C1. The summed E-state index contributed by atoms with van der Waals surface area (Å²) in [5.74, 6) is 0.0707. The minimum Gasteiger partial charge on any atom is -0.389 e. The fourth-order valence-electron chi connectivity index (χ4n) is 4.32. The van der Waals surface area contributed by atoms with E-state index in [1.165, 1.54) is 11.1 Å². The highest BCUT2D eigenvalue weighted by molar-refractivity contribution is 5.77. The fourth-order valence-corrected chi connectivity index (χ4v) is 4.32. The van der Waals surface area contributed by atoms with Crippen LogP contribution in [0.25, 0.3) is 0 Å². The van der Waals surface area contributed by atoms with E-state index in [2.05, 4.69) is 34.9 Å². The number of aliphatic hydroxyl groups is 1. The van der Waals surface area contributed by atoms with Crippen molar-refractivity contribution in [1.29, 1.82) is 0 Å². The van der Waals surface area contributed by atoms with Crippen molar-refractivity contribution in [2.24, 2.45) is 0 Å². The van der Waals surface area contributed by atoms with Gasteiger partial charge in [-0.05, 0) is 36.8 Å². The van der Waals surface area contributed by atoms with Gasteiger partial charge in [-0.15, -0.1) is 0 Å². The molecule has 2 saturated heterocycles. The van der Waals surface area contributed by atoms with Crippen molar-refractivity contribution < 1.29 is 19.4 Å². The van der Waals surface area contributed by atoms with Gasteiger partial charge in [0.2, 0.25) is 5.91 Å². The number of hydrogen-bond acceptors (Lipinski definition) is 5. The fraction of sp³-hybridized carbons (Fsp3) is 0.650. The second-order valence-corrected chi connectivity index (χ2v) is 7.73. The molecule has 3 N–H and O–H groups in total. The van der Waals surface area contributed by atoms with Crippen LogP contribution in [0.3, 0.4) is 0 Å². The van der Waals surface area contributed by atoms with Gasteiger partial charge in [0.1, 0.15) is 0 Å². The summed E-state index contributed by atoms with van der Waals surface area (Å²) in [4.78, 5) is 12.5. The van der Waals surface area contributed by atoms with Gasteiger partial charge in [-0.1, -0.05) is 24.3 Å². The first-order chi connectivity index (χ1) is 12.7. The van der Waals surface area contributed by atoms with Crippen LogP contribution in [0.1, 0.15) is 30.4 Å². The summed E-state index contributed by atoms with van der Waals surface area (Å²) in [5.41, 5.74) is 2.68. The van der Waals surface area contributed by atoms with E-state index in [9.17, 15) is 9.90 Å². The number of nitrogens with one attached hydrogen (secondary N) is 2. The number of ether oxygens (including phenoxy) is 2. The Labute approximate surface area is 154 Å². The van der Waals surface area contributed by atoms with Gasteiger partial charge in [0.25, 0.3) is 0 Å². The molecule has 0 unspecified atom stereocenters. The number of fused-ring (bicyclic) bond motifs is 2. The number of rotatable bonds is 3. The molecule has 6 heteroatoms. The Kier molecular flexibility index (Phi) is 5.55. The normalized spacial score (nSPS) is 32.2. The van der Waals surface area contributed by atoms with E-state index in [0.29, 0.717) is 26.2 Å². The third kappa shape index (κ3) is 4.26. The van der Waals surface area contributed by atoms with Crippen molar-refractivity contribution in [2.75, 3.05) is 19.8 Å².